The van der Waals surface area contributed by atoms with Crippen LogP contribution in [0.25, 0.3) is 0 Å². The van der Waals surface area contributed by atoms with Gasteiger partial charge in [-0.1, -0.05) is 37.5 Å². The molecule has 0 radical (unpaired) electrons. The first-order valence-electron chi connectivity index (χ1n) is 9.05. The molecule has 0 bridgehead atoms. The van der Waals surface area contributed by atoms with Crippen LogP contribution in [0.15, 0.2) is 23.3 Å². The fourth-order valence-corrected chi connectivity index (χ4v) is 6.50. The monoisotopic (exact) mass is 296 g/mol. The van der Waals surface area contributed by atoms with E-state index in [-0.39, 0.29) is 11.5 Å². The van der Waals surface area contributed by atoms with Crippen molar-refractivity contribution >= 4 is 0 Å². The molecule has 4 aliphatic carbocycles. The van der Waals surface area contributed by atoms with Crippen molar-refractivity contribution in [2.45, 2.75) is 64.9 Å². The van der Waals surface area contributed by atoms with Gasteiger partial charge in [0.25, 0.3) is 0 Å². The molecule has 0 aliphatic heterocycles. The summed E-state index contributed by atoms with van der Waals surface area (Å²) >= 11 is 0. The minimum atomic E-state index is -0.199. The van der Waals surface area contributed by atoms with E-state index in [1.54, 1.807) is 5.57 Å². The Hall–Kier alpha value is -1.00. The Morgan fingerprint density at radius 1 is 1.14 bits per heavy atom. The molecule has 22 heavy (non-hydrogen) atoms. The molecule has 1 N–H and O–H groups in total. The van der Waals surface area contributed by atoms with Crippen molar-refractivity contribution in [1.82, 2.24) is 0 Å². The topological polar surface area (TPSA) is 20.2 Å². The zero-order chi connectivity index (χ0) is 15.5. The molecule has 3 unspecified atom stereocenters. The van der Waals surface area contributed by atoms with Gasteiger partial charge in [-0.05, 0) is 68.1 Å². The number of allylic oxidation sites excluding steroid dienone is 3. The van der Waals surface area contributed by atoms with Crippen LogP contribution in [0.4, 0.5) is 0 Å². The van der Waals surface area contributed by atoms with Crippen LogP contribution in [0, 0.1) is 40.9 Å². The number of rotatable bonds is 0. The highest BCUT2D eigenvalue weighted by molar-refractivity contribution is 5.39. The van der Waals surface area contributed by atoms with Crippen molar-refractivity contribution in [2.24, 2.45) is 28.6 Å². The Morgan fingerprint density at radius 3 is 2.68 bits per heavy atom. The molecule has 4 aliphatic rings. The highest BCUT2D eigenvalue weighted by Crippen LogP contribution is 2.65. The van der Waals surface area contributed by atoms with Gasteiger partial charge in [0.15, 0.2) is 0 Å². The Labute approximate surface area is 134 Å². The predicted molar refractivity (Wildman–Crippen MR) is 90.0 cm³/mol. The summed E-state index contributed by atoms with van der Waals surface area (Å²) < 4.78 is 0. The first kappa shape index (κ1) is 14.6. The Balaban J connectivity index is 1.68. The van der Waals surface area contributed by atoms with Crippen LogP contribution < -0.4 is 0 Å². The van der Waals surface area contributed by atoms with Crippen molar-refractivity contribution in [3.63, 3.8) is 0 Å². The molecule has 0 aromatic rings. The fraction of sp³-hybridized carbons (Fsp3) is 0.714. The van der Waals surface area contributed by atoms with Gasteiger partial charge in [0.2, 0.25) is 0 Å². The van der Waals surface area contributed by atoms with Gasteiger partial charge in [-0.25, -0.2) is 0 Å². The molecule has 118 valence electrons. The van der Waals surface area contributed by atoms with E-state index in [1.165, 1.54) is 44.1 Å². The summed E-state index contributed by atoms with van der Waals surface area (Å²) in [7, 11) is 0. The van der Waals surface area contributed by atoms with Crippen molar-refractivity contribution in [3.05, 3.63) is 23.3 Å². The molecule has 0 saturated heterocycles. The molecule has 0 spiro atoms. The van der Waals surface area contributed by atoms with E-state index < -0.39 is 0 Å². The number of hydrogen-bond donors (Lipinski definition) is 1. The lowest BCUT2D eigenvalue weighted by Crippen LogP contribution is -2.50. The molecule has 2 saturated carbocycles. The van der Waals surface area contributed by atoms with E-state index >= 15 is 0 Å². The van der Waals surface area contributed by atoms with E-state index in [2.05, 4.69) is 31.9 Å². The number of aliphatic hydroxyl groups excluding tert-OH is 1. The quantitative estimate of drug-likeness (QED) is 0.516. The van der Waals surface area contributed by atoms with Gasteiger partial charge >= 0.3 is 0 Å². The lowest BCUT2D eigenvalue weighted by molar-refractivity contribution is -0.0328. The van der Waals surface area contributed by atoms with Gasteiger partial charge < -0.3 is 5.11 Å². The van der Waals surface area contributed by atoms with E-state index in [1.807, 2.05) is 0 Å². The molecule has 0 amide bonds. The average molecular weight is 296 g/mol. The number of aliphatic hydroxyl groups is 1. The van der Waals surface area contributed by atoms with Gasteiger partial charge in [0, 0.05) is 11.0 Å². The smallest absolute Gasteiger partial charge is 0.0724 e. The van der Waals surface area contributed by atoms with Crippen molar-refractivity contribution in [3.8, 4) is 12.3 Å². The molecule has 1 heteroatoms. The van der Waals surface area contributed by atoms with Gasteiger partial charge in [0.1, 0.15) is 0 Å². The second kappa shape index (κ2) is 4.75. The third kappa shape index (κ3) is 1.77. The third-order valence-corrected chi connectivity index (χ3v) is 7.83. The summed E-state index contributed by atoms with van der Waals surface area (Å²) in [6.45, 7) is 4.90. The molecule has 4 rings (SSSR count). The second-order valence-electron chi connectivity index (χ2n) is 8.58. The van der Waals surface area contributed by atoms with Crippen LogP contribution >= 0.6 is 0 Å². The minimum Gasteiger partial charge on any atom is -0.389 e. The molecule has 0 aromatic heterocycles. The molecule has 0 aromatic carbocycles. The molecular formula is C21H28O. The highest BCUT2D eigenvalue weighted by Gasteiger charge is 2.56. The van der Waals surface area contributed by atoms with Crippen LogP contribution in [0.5, 0.6) is 0 Å². The highest BCUT2D eigenvalue weighted by atomic mass is 16.3. The van der Waals surface area contributed by atoms with E-state index in [4.69, 9.17) is 6.42 Å². The summed E-state index contributed by atoms with van der Waals surface area (Å²) in [6, 6.07) is 0. The Kier molecular flexibility index (Phi) is 3.15. The SMILES string of the molecule is C#CC1=CCC2C3CCC4=C[C@H](O)CC[C@]4(C)C3CC[C@]12C. The molecular weight excluding hydrogens is 268 g/mol. The lowest BCUT2D eigenvalue weighted by Gasteiger charge is -2.58. The first-order valence-corrected chi connectivity index (χ1v) is 9.05. The fourth-order valence-electron chi connectivity index (χ4n) is 6.50. The summed E-state index contributed by atoms with van der Waals surface area (Å²) in [5, 5.41) is 10.0. The van der Waals surface area contributed by atoms with Gasteiger partial charge in [-0.2, -0.15) is 0 Å². The van der Waals surface area contributed by atoms with Crippen molar-refractivity contribution in [1.29, 1.82) is 0 Å². The van der Waals surface area contributed by atoms with Crippen LogP contribution in [0.3, 0.4) is 0 Å². The summed E-state index contributed by atoms with van der Waals surface area (Å²) in [5.74, 6) is 5.35. The Morgan fingerprint density at radius 2 is 1.91 bits per heavy atom. The second-order valence-corrected chi connectivity index (χ2v) is 8.58. The molecule has 1 nitrogen and oxygen atoms in total. The zero-order valence-corrected chi connectivity index (χ0v) is 13.9. The minimum absolute atomic E-state index is 0.199. The normalized spacial score (nSPS) is 50.1. The zero-order valence-electron chi connectivity index (χ0n) is 13.9. The maximum atomic E-state index is 10.0. The van der Waals surface area contributed by atoms with Crippen LogP contribution in [0.1, 0.15) is 58.8 Å². The van der Waals surface area contributed by atoms with Crippen molar-refractivity contribution < 1.29 is 5.11 Å². The van der Waals surface area contributed by atoms with Crippen LogP contribution in [-0.4, -0.2) is 11.2 Å². The van der Waals surface area contributed by atoms with Crippen LogP contribution in [-0.2, 0) is 0 Å². The maximum absolute atomic E-state index is 10.0. The number of fused-ring (bicyclic) bond motifs is 5. The van der Waals surface area contributed by atoms with E-state index in [0.29, 0.717) is 5.41 Å². The lowest BCUT2D eigenvalue weighted by atomic mass is 9.47. The van der Waals surface area contributed by atoms with Crippen LogP contribution in [0.2, 0.25) is 0 Å². The number of terminal acetylenes is 1. The number of hydrogen-bond acceptors (Lipinski definition) is 1. The van der Waals surface area contributed by atoms with Gasteiger partial charge in [-0.15, -0.1) is 6.42 Å². The Bertz CT molecular complexity index is 592. The predicted octanol–water partition coefficient (Wildman–Crippen LogP) is 4.48. The molecule has 2 fully saturated rings. The first-order chi connectivity index (χ1) is 10.5. The largest absolute Gasteiger partial charge is 0.389 e. The maximum Gasteiger partial charge on any atom is 0.0724 e. The summed E-state index contributed by atoms with van der Waals surface area (Å²) in [6.07, 6.45) is 18.5. The van der Waals surface area contributed by atoms with Gasteiger partial charge in [0.05, 0.1) is 6.10 Å². The summed E-state index contributed by atoms with van der Waals surface area (Å²) in [5.41, 5.74) is 3.44. The summed E-state index contributed by atoms with van der Waals surface area (Å²) in [4.78, 5) is 0. The standard InChI is InChI=1S/C21H28O/c1-4-14-6-8-18-17-7-5-15-13-16(22)9-11-21(15,3)19(17)10-12-20(14,18)2/h1,6,13,16-19,22H,5,7-12H2,2-3H3/t16-,17?,18?,19?,20-,21+/m1/s1. The average Bonchev–Trinajstić information content (AvgIpc) is 2.84. The van der Waals surface area contributed by atoms with E-state index in [9.17, 15) is 5.11 Å². The van der Waals surface area contributed by atoms with Gasteiger partial charge in [-0.3, -0.25) is 0 Å². The van der Waals surface area contributed by atoms with Crippen molar-refractivity contribution in [2.75, 3.05) is 0 Å². The molecule has 0 heterocycles. The third-order valence-electron chi connectivity index (χ3n) is 7.83. The van der Waals surface area contributed by atoms with E-state index in [0.717, 1.165) is 24.2 Å². The molecule has 6 atom stereocenters.